The Hall–Kier alpha value is -1.36. The normalized spacial score (nSPS) is 19.3. The molecule has 0 spiro atoms. The first-order valence-electron chi connectivity index (χ1n) is 6.78. The lowest BCUT2D eigenvalue weighted by molar-refractivity contribution is 0.568. The second-order valence-corrected chi connectivity index (χ2v) is 4.94. The highest BCUT2D eigenvalue weighted by molar-refractivity contribution is 5.58. The average Bonchev–Trinajstić information content (AvgIpc) is 2.87. The summed E-state index contributed by atoms with van der Waals surface area (Å²) in [5.74, 6) is 8.97. The number of anilines is 2. The third-order valence-electron chi connectivity index (χ3n) is 3.78. The van der Waals surface area contributed by atoms with Crippen LogP contribution in [0, 0.1) is 12.8 Å². The van der Waals surface area contributed by atoms with E-state index in [4.69, 9.17) is 5.84 Å². The number of hydrogen-bond donors (Lipinski definition) is 2. The van der Waals surface area contributed by atoms with Crippen LogP contribution in [-0.4, -0.2) is 23.1 Å². The van der Waals surface area contributed by atoms with E-state index in [0.717, 1.165) is 48.5 Å². The number of nitrogen functional groups attached to an aromatic ring is 1. The average molecular weight is 249 g/mol. The SMILES string of the molecule is CCc1nc(NN)c(C)c(N2CCC(CC)C2)n1. The first-order chi connectivity index (χ1) is 8.69. The maximum Gasteiger partial charge on any atom is 0.148 e. The van der Waals surface area contributed by atoms with Gasteiger partial charge in [0.1, 0.15) is 17.5 Å². The van der Waals surface area contributed by atoms with Crippen LogP contribution in [0.15, 0.2) is 0 Å². The minimum atomic E-state index is 0.747. The molecule has 0 saturated carbocycles. The Morgan fingerprint density at radius 3 is 2.72 bits per heavy atom. The van der Waals surface area contributed by atoms with Crippen molar-refractivity contribution < 1.29 is 0 Å². The molecule has 1 aromatic heterocycles. The van der Waals surface area contributed by atoms with Crippen LogP contribution < -0.4 is 16.2 Å². The first-order valence-corrected chi connectivity index (χ1v) is 6.78. The zero-order valence-corrected chi connectivity index (χ0v) is 11.5. The van der Waals surface area contributed by atoms with Gasteiger partial charge in [-0.05, 0) is 19.3 Å². The van der Waals surface area contributed by atoms with Gasteiger partial charge in [0.15, 0.2) is 0 Å². The highest BCUT2D eigenvalue weighted by Crippen LogP contribution is 2.29. The van der Waals surface area contributed by atoms with Gasteiger partial charge in [-0.3, -0.25) is 0 Å². The molecule has 2 rings (SSSR count). The monoisotopic (exact) mass is 249 g/mol. The summed E-state index contributed by atoms with van der Waals surface area (Å²) in [5.41, 5.74) is 3.73. The quantitative estimate of drug-likeness (QED) is 0.630. The van der Waals surface area contributed by atoms with Crippen molar-refractivity contribution in [2.45, 2.75) is 40.0 Å². The smallest absolute Gasteiger partial charge is 0.148 e. The number of hydrazine groups is 1. The zero-order valence-electron chi connectivity index (χ0n) is 11.5. The van der Waals surface area contributed by atoms with Gasteiger partial charge in [0.05, 0.1) is 0 Å². The minimum absolute atomic E-state index is 0.747. The van der Waals surface area contributed by atoms with Crippen molar-refractivity contribution >= 4 is 11.6 Å². The molecule has 0 aromatic carbocycles. The number of rotatable bonds is 4. The summed E-state index contributed by atoms with van der Waals surface area (Å²) in [6, 6.07) is 0. The van der Waals surface area contributed by atoms with Crippen LogP contribution in [0.5, 0.6) is 0 Å². The fourth-order valence-corrected chi connectivity index (χ4v) is 2.51. The molecule has 1 atom stereocenters. The lowest BCUT2D eigenvalue weighted by Crippen LogP contribution is -2.24. The molecular formula is C13H23N5. The summed E-state index contributed by atoms with van der Waals surface area (Å²) >= 11 is 0. The zero-order chi connectivity index (χ0) is 13.1. The predicted molar refractivity (Wildman–Crippen MR) is 74.6 cm³/mol. The molecule has 18 heavy (non-hydrogen) atoms. The Balaban J connectivity index is 2.31. The summed E-state index contributed by atoms with van der Waals surface area (Å²) in [6.45, 7) is 8.53. The van der Waals surface area contributed by atoms with Crippen molar-refractivity contribution in [3.8, 4) is 0 Å². The molecule has 1 saturated heterocycles. The van der Waals surface area contributed by atoms with Gasteiger partial charge in [-0.25, -0.2) is 15.8 Å². The van der Waals surface area contributed by atoms with Crippen molar-refractivity contribution in [3.63, 3.8) is 0 Å². The third kappa shape index (κ3) is 2.41. The number of hydrogen-bond acceptors (Lipinski definition) is 5. The van der Waals surface area contributed by atoms with Gasteiger partial charge < -0.3 is 10.3 Å². The minimum Gasteiger partial charge on any atom is -0.356 e. The molecule has 1 aromatic rings. The molecule has 1 aliphatic rings. The molecule has 100 valence electrons. The number of nitrogens with two attached hydrogens (primary N) is 1. The number of nitrogens with one attached hydrogen (secondary N) is 1. The van der Waals surface area contributed by atoms with Gasteiger partial charge in [-0.2, -0.15) is 0 Å². The van der Waals surface area contributed by atoms with E-state index in [1.165, 1.54) is 12.8 Å². The summed E-state index contributed by atoms with van der Waals surface area (Å²) in [4.78, 5) is 11.4. The van der Waals surface area contributed by atoms with Crippen LogP contribution in [0.25, 0.3) is 0 Å². The van der Waals surface area contributed by atoms with E-state index in [9.17, 15) is 0 Å². The highest BCUT2D eigenvalue weighted by atomic mass is 15.3. The molecule has 0 aliphatic carbocycles. The van der Waals surface area contributed by atoms with E-state index in [1.54, 1.807) is 0 Å². The topological polar surface area (TPSA) is 67.1 Å². The molecule has 1 fully saturated rings. The lowest BCUT2D eigenvalue weighted by atomic mass is 10.1. The Morgan fingerprint density at radius 2 is 2.17 bits per heavy atom. The molecule has 0 radical (unpaired) electrons. The molecule has 0 bridgehead atoms. The second kappa shape index (κ2) is 5.52. The van der Waals surface area contributed by atoms with Crippen molar-refractivity contribution in [1.29, 1.82) is 0 Å². The summed E-state index contributed by atoms with van der Waals surface area (Å²) in [5, 5.41) is 0. The summed E-state index contributed by atoms with van der Waals surface area (Å²) in [7, 11) is 0. The van der Waals surface area contributed by atoms with Gasteiger partial charge in [0.25, 0.3) is 0 Å². The van der Waals surface area contributed by atoms with E-state index in [1.807, 2.05) is 6.92 Å². The largest absolute Gasteiger partial charge is 0.356 e. The van der Waals surface area contributed by atoms with Gasteiger partial charge in [0.2, 0.25) is 0 Å². The maximum absolute atomic E-state index is 5.54. The summed E-state index contributed by atoms with van der Waals surface area (Å²) < 4.78 is 0. The molecule has 5 nitrogen and oxygen atoms in total. The highest BCUT2D eigenvalue weighted by Gasteiger charge is 2.24. The molecule has 3 N–H and O–H groups in total. The van der Waals surface area contributed by atoms with Crippen molar-refractivity contribution in [2.24, 2.45) is 11.8 Å². The van der Waals surface area contributed by atoms with Crippen LogP contribution in [0.1, 0.15) is 38.1 Å². The first kappa shape index (κ1) is 13.1. The Bertz CT molecular complexity index is 418. The van der Waals surface area contributed by atoms with Crippen molar-refractivity contribution in [2.75, 3.05) is 23.4 Å². The van der Waals surface area contributed by atoms with Gasteiger partial charge in [-0.1, -0.05) is 20.3 Å². The number of aromatic nitrogens is 2. The van der Waals surface area contributed by atoms with E-state index in [2.05, 4.69) is 34.1 Å². The Labute approximate surface area is 109 Å². The van der Waals surface area contributed by atoms with Crippen LogP contribution in [0.2, 0.25) is 0 Å². The fourth-order valence-electron chi connectivity index (χ4n) is 2.51. The fraction of sp³-hybridized carbons (Fsp3) is 0.692. The number of aryl methyl sites for hydroxylation is 1. The Morgan fingerprint density at radius 1 is 1.39 bits per heavy atom. The molecule has 1 aliphatic heterocycles. The van der Waals surface area contributed by atoms with E-state index < -0.39 is 0 Å². The number of nitrogens with zero attached hydrogens (tertiary/aromatic N) is 3. The van der Waals surface area contributed by atoms with E-state index in [0.29, 0.717) is 0 Å². The molecular weight excluding hydrogens is 226 g/mol. The van der Waals surface area contributed by atoms with Gasteiger partial charge in [-0.15, -0.1) is 0 Å². The van der Waals surface area contributed by atoms with Crippen LogP contribution in [-0.2, 0) is 6.42 Å². The van der Waals surface area contributed by atoms with Gasteiger partial charge >= 0.3 is 0 Å². The van der Waals surface area contributed by atoms with E-state index in [-0.39, 0.29) is 0 Å². The Kier molecular flexibility index (Phi) is 4.01. The summed E-state index contributed by atoms with van der Waals surface area (Å²) in [6.07, 6.45) is 3.32. The second-order valence-electron chi connectivity index (χ2n) is 4.94. The lowest BCUT2D eigenvalue weighted by Gasteiger charge is -2.21. The van der Waals surface area contributed by atoms with Crippen LogP contribution in [0.3, 0.4) is 0 Å². The standard InChI is InChI=1S/C13H23N5/c1-4-10-6-7-18(8-10)13-9(3)12(17-14)15-11(5-2)16-13/h10H,4-8,14H2,1-3H3,(H,15,16,17). The molecule has 1 unspecified atom stereocenters. The molecule has 2 heterocycles. The molecule has 5 heteroatoms. The predicted octanol–water partition coefficient (Wildman–Crippen LogP) is 1.87. The van der Waals surface area contributed by atoms with Crippen molar-refractivity contribution in [3.05, 3.63) is 11.4 Å². The molecule has 0 amide bonds. The third-order valence-corrected chi connectivity index (χ3v) is 3.78. The van der Waals surface area contributed by atoms with Crippen LogP contribution >= 0.6 is 0 Å². The maximum atomic E-state index is 5.54. The van der Waals surface area contributed by atoms with Gasteiger partial charge in [0, 0.05) is 25.1 Å². The van der Waals surface area contributed by atoms with Crippen LogP contribution in [0.4, 0.5) is 11.6 Å². The van der Waals surface area contributed by atoms with E-state index >= 15 is 0 Å². The van der Waals surface area contributed by atoms with Crippen molar-refractivity contribution in [1.82, 2.24) is 9.97 Å².